The first-order valence-corrected chi connectivity index (χ1v) is 7.45. The van der Waals surface area contributed by atoms with Gasteiger partial charge in [0.15, 0.2) is 6.10 Å². The van der Waals surface area contributed by atoms with Gasteiger partial charge in [0.1, 0.15) is 5.75 Å². The van der Waals surface area contributed by atoms with E-state index >= 15 is 0 Å². The number of carbonyl (C=O) groups excluding carboxylic acids is 2. The monoisotopic (exact) mass is 310 g/mol. The molecule has 3 rings (SSSR count). The van der Waals surface area contributed by atoms with E-state index in [9.17, 15) is 9.59 Å². The highest BCUT2D eigenvalue weighted by atomic mass is 16.5. The van der Waals surface area contributed by atoms with Gasteiger partial charge < -0.3 is 15.4 Å². The van der Waals surface area contributed by atoms with Crippen molar-refractivity contribution in [3.63, 3.8) is 0 Å². The molecule has 0 saturated carbocycles. The number of benzene rings is 2. The van der Waals surface area contributed by atoms with E-state index in [1.807, 2.05) is 32.0 Å². The fourth-order valence-corrected chi connectivity index (χ4v) is 2.43. The van der Waals surface area contributed by atoms with Crippen LogP contribution in [0.3, 0.4) is 0 Å². The standard InChI is InChI=1S/C18H18N2O3/c1-10-5-4-6-14(11(10)2)19-18(22)13-7-8-16-15(9-13)20-17(21)12(3)23-16/h4-9,12H,1-3H3,(H,19,22)(H,20,21). The van der Waals surface area contributed by atoms with Gasteiger partial charge >= 0.3 is 0 Å². The van der Waals surface area contributed by atoms with E-state index in [0.29, 0.717) is 17.0 Å². The van der Waals surface area contributed by atoms with Crippen LogP contribution in [0.1, 0.15) is 28.4 Å². The van der Waals surface area contributed by atoms with Crippen LogP contribution < -0.4 is 15.4 Å². The van der Waals surface area contributed by atoms with Crippen LogP contribution in [0.4, 0.5) is 11.4 Å². The minimum absolute atomic E-state index is 0.218. The minimum atomic E-state index is -0.530. The van der Waals surface area contributed by atoms with Crippen molar-refractivity contribution in [3.8, 4) is 5.75 Å². The summed E-state index contributed by atoms with van der Waals surface area (Å²) >= 11 is 0. The first-order chi connectivity index (χ1) is 11.0. The molecule has 23 heavy (non-hydrogen) atoms. The topological polar surface area (TPSA) is 67.4 Å². The molecule has 2 aromatic carbocycles. The van der Waals surface area contributed by atoms with E-state index in [-0.39, 0.29) is 11.8 Å². The molecule has 1 aliphatic heterocycles. The third kappa shape index (κ3) is 2.90. The van der Waals surface area contributed by atoms with E-state index in [4.69, 9.17) is 4.74 Å². The molecule has 2 N–H and O–H groups in total. The highest BCUT2D eigenvalue weighted by Gasteiger charge is 2.24. The molecule has 118 valence electrons. The van der Waals surface area contributed by atoms with Crippen molar-refractivity contribution in [2.24, 2.45) is 0 Å². The van der Waals surface area contributed by atoms with Crippen LogP contribution in [0.5, 0.6) is 5.75 Å². The van der Waals surface area contributed by atoms with Crippen LogP contribution in [-0.2, 0) is 4.79 Å². The highest BCUT2D eigenvalue weighted by Crippen LogP contribution is 2.30. The van der Waals surface area contributed by atoms with E-state index in [1.165, 1.54) is 0 Å². The van der Waals surface area contributed by atoms with Crippen LogP contribution in [0.2, 0.25) is 0 Å². The number of carbonyl (C=O) groups is 2. The predicted molar refractivity (Wildman–Crippen MR) is 89.0 cm³/mol. The second-order valence-electron chi connectivity index (χ2n) is 5.66. The van der Waals surface area contributed by atoms with Crippen molar-refractivity contribution in [1.82, 2.24) is 0 Å². The number of hydrogen-bond donors (Lipinski definition) is 2. The molecule has 0 spiro atoms. The molecule has 5 heteroatoms. The lowest BCUT2D eigenvalue weighted by molar-refractivity contribution is -0.122. The maximum absolute atomic E-state index is 12.4. The van der Waals surface area contributed by atoms with E-state index in [1.54, 1.807) is 25.1 Å². The fourth-order valence-electron chi connectivity index (χ4n) is 2.43. The Morgan fingerprint density at radius 1 is 1.22 bits per heavy atom. The minimum Gasteiger partial charge on any atom is -0.479 e. The number of anilines is 2. The van der Waals surface area contributed by atoms with Crippen molar-refractivity contribution in [3.05, 3.63) is 53.1 Å². The van der Waals surface area contributed by atoms with Crippen LogP contribution in [0.25, 0.3) is 0 Å². The molecule has 0 bridgehead atoms. The van der Waals surface area contributed by atoms with Crippen molar-refractivity contribution >= 4 is 23.2 Å². The molecule has 2 amide bonds. The van der Waals surface area contributed by atoms with Crippen LogP contribution in [-0.4, -0.2) is 17.9 Å². The molecule has 0 radical (unpaired) electrons. The summed E-state index contributed by atoms with van der Waals surface area (Å²) in [4.78, 5) is 24.1. The third-order valence-corrected chi connectivity index (χ3v) is 4.03. The normalized spacial score (nSPS) is 16.1. The second-order valence-corrected chi connectivity index (χ2v) is 5.66. The molecule has 1 unspecified atom stereocenters. The zero-order valence-electron chi connectivity index (χ0n) is 13.3. The van der Waals surface area contributed by atoms with Crippen molar-refractivity contribution < 1.29 is 14.3 Å². The zero-order chi connectivity index (χ0) is 16.6. The Hall–Kier alpha value is -2.82. The van der Waals surface area contributed by atoms with E-state index in [2.05, 4.69) is 10.6 Å². The number of rotatable bonds is 2. The summed E-state index contributed by atoms with van der Waals surface area (Å²) in [6, 6.07) is 10.8. The van der Waals surface area contributed by atoms with Gasteiger partial charge in [-0.1, -0.05) is 12.1 Å². The van der Waals surface area contributed by atoms with Crippen LogP contribution in [0.15, 0.2) is 36.4 Å². The lowest BCUT2D eigenvalue weighted by atomic mass is 10.1. The van der Waals surface area contributed by atoms with E-state index < -0.39 is 6.10 Å². The highest BCUT2D eigenvalue weighted by molar-refractivity contribution is 6.06. The van der Waals surface area contributed by atoms with Crippen molar-refractivity contribution in [2.75, 3.05) is 10.6 Å². The maximum Gasteiger partial charge on any atom is 0.265 e. The molecule has 1 aliphatic rings. The number of fused-ring (bicyclic) bond motifs is 1. The summed E-state index contributed by atoms with van der Waals surface area (Å²) in [6.07, 6.45) is -0.530. The molecule has 0 aliphatic carbocycles. The Labute approximate surface area is 134 Å². The van der Waals surface area contributed by atoms with Gasteiger partial charge in [0.25, 0.3) is 11.8 Å². The molecule has 5 nitrogen and oxygen atoms in total. The number of amides is 2. The first-order valence-electron chi connectivity index (χ1n) is 7.45. The molecule has 1 heterocycles. The lowest BCUT2D eigenvalue weighted by Crippen LogP contribution is -2.34. The van der Waals surface area contributed by atoms with E-state index in [0.717, 1.165) is 16.8 Å². The molecule has 0 aromatic heterocycles. The van der Waals surface area contributed by atoms with Gasteiger partial charge in [-0.15, -0.1) is 0 Å². The Morgan fingerprint density at radius 2 is 2.00 bits per heavy atom. The Morgan fingerprint density at radius 3 is 2.78 bits per heavy atom. The largest absolute Gasteiger partial charge is 0.479 e. The second kappa shape index (κ2) is 5.76. The summed E-state index contributed by atoms with van der Waals surface area (Å²) in [7, 11) is 0. The number of hydrogen-bond acceptors (Lipinski definition) is 3. The summed E-state index contributed by atoms with van der Waals surface area (Å²) < 4.78 is 5.49. The number of nitrogens with one attached hydrogen (secondary N) is 2. The number of ether oxygens (including phenoxy) is 1. The third-order valence-electron chi connectivity index (χ3n) is 4.03. The van der Waals surface area contributed by atoms with Gasteiger partial charge in [-0.05, 0) is 56.2 Å². The summed E-state index contributed by atoms with van der Waals surface area (Å²) in [5, 5.41) is 5.65. The smallest absolute Gasteiger partial charge is 0.265 e. The summed E-state index contributed by atoms with van der Waals surface area (Å²) in [5.74, 6) is 0.124. The SMILES string of the molecule is Cc1cccc(NC(=O)c2ccc3c(c2)NC(=O)C(C)O3)c1C. The quantitative estimate of drug-likeness (QED) is 0.894. The molecule has 0 saturated heterocycles. The first kappa shape index (κ1) is 15.1. The summed E-state index contributed by atoms with van der Waals surface area (Å²) in [5.41, 5.74) is 3.90. The molecular formula is C18H18N2O3. The zero-order valence-corrected chi connectivity index (χ0v) is 13.3. The van der Waals surface area contributed by atoms with Crippen molar-refractivity contribution in [1.29, 1.82) is 0 Å². The van der Waals surface area contributed by atoms with Crippen LogP contribution in [0, 0.1) is 13.8 Å². The van der Waals surface area contributed by atoms with Gasteiger partial charge in [0.05, 0.1) is 5.69 Å². The molecule has 2 aromatic rings. The lowest BCUT2D eigenvalue weighted by Gasteiger charge is -2.23. The van der Waals surface area contributed by atoms with Gasteiger partial charge in [-0.25, -0.2) is 0 Å². The van der Waals surface area contributed by atoms with Gasteiger partial charge in [0, 0.05) is 11.3 Å². The van der Waals surface area contributed by atoms with Gasteiger partial charge in [-0.3, -0.25) is 9.59 Å². The molecule has 1 atom stereocenters. The predicted octanol–water partition coefficient (Wildman–Crippen LogP) is 3.28. The summed E-state index contributed by atoms with van der Waals surface area (Å²) in [6.45, 7) is 5.64. The van der Waals surface area contributed by atoms with Crippen LogP contribution >= 0.6 is 0 Å². The fraction of sp³-hybridized carbons (Fsp3) is 0.222. The molecular weight excluding hydrogens is 292 g/mol. The average molecular weight is 310 g/mol. The Bertz CT molecular complexity index is 799. The average Bonchev–Trinajstić information content (AvgIpc) is 2.52. The van der Waals surface area contributed by atoms with Gasteiger partial charge in [-0.2, -0.15) is 0 Å². The number of aryl methyl sites for hydroxylation is 1. The maximum atomic E-state index is 12.4. The van der Waals surface area contributed by atoms with Crippen molar-refractivity contribution in [2.45, 2.75) is 26.9 Å². The molecule has 0 fully saturated rings. The van der Waals surface area contributed by atoms with Gasteiger partial charge in [0.2, 0.25) is 0 Å². The Balaban J connectivity index is 1.85. The Kier molecular flexibility index (Phi) is 3.78.